The summed E-state index contributed by atoms with van der Waals surface area (Å²) in [5.41, 5.74) is 6.48. The van der Waals surface area contributed by atoms with E-state index in [1.54, 1.807) is 0 Å². The second-order valence-electron chi connectivity index (χ2n) is 6.99. The van der Waals surface area contributed by atoms with Crippen LogP contribution in [0.2, 0.25) is 0 Å². The molecule has 5 heteroatoms. The Morgan fingerprint density at radius 2 is 2.21 bits per heavy atom. The number of amides is 1. The lowest BCUT2D eigenvalue weighted by Crippen LogP contribution is -2.36. The largest absolute Gasteiger partial charge is 0.347 e. The maximum Gasteiger partial charge on any atom is 0.272 e. The fourth-order valence-electron chi connectivity index (χ4n) is 3.89. The summed E-state index contributed by atoms with van der Waals surface area (Å²) in [5, 5.41) is 11.1. The van der Waals surface area contributed by atoms with Gasteiger partial charge in [0, 0.05) is 23.8 Å². The van der Waals surface area contributed by atoms with Gasteiger partial charge in [0.15, 0.2) is 5.69 Å². The van der Waals surface area contributed by atoms with Gasteiger partial charge in [0.1, 0.15) is 0 Å². The zero-order valence-corrected chi connectivity index (χ0v) is 14.4. The zero-order valence-electron chi connectivity index (χ0n) is 14.4. The first-order valence-electron chi connectivity index (χ1n) is 8.83. The molecule has 126 valence electrons. The molecule has 1 aromatic heterocycles. The summed E-state index contributed by atoms with van der Waals surface area (Å²) in [6.45, 7) is 6.03. The minimum absolute atomic E-state index is 0.0228. The van der Waals surface area contributed by atoms with E-state index in [0.717, 1.165) is 50.0 Å². The van der Waals surface area contributed by atoms with Crippen LogP contribution in [0.25, 0.3) is 5.69 Å². The lowest BCUT2D eigenvalue weighted by molar-refractivity contribution is 0.0933. The molecule has 1 fully saturated rings. The highest BCUT2D eigenvalue weighted by Crippen LogP contribution is 2.29. The summed E-state index contributed by atoms with van der Waals surface area (Å²) in [4.78, 5) is 12.7. The molecule has 1 aliphatic carbocycles. The van der Waals surface area contributed by atoms with Crippen molar-refractivity contribution in [3.63, 3.8) is 0 Å². The lowest BCUT2D eigenvalue weighted by Gasteiger charge is -2.11. The van der Waals surface area contributed by atoms with Gasteiger partial charge in [-0.25, -0.2) is 4.68 Å². The highest BCUT2D eigenvalue weighted by molar-refractivity contribution is 5.94. The highest BCUT2D eigenvalue weighted by Gasteiger charge is 2.28. The second kappa shape index (κ2) is 6.06. The Bertz CT molecular complexity index is 787. The lowest BCUT2D eigenvalue weighted by atomic mass is 10.1. The maximum atomic E-state index is 12.7. The van der Waals surface area contributed by atoms with Crippen molar-refractivity contribution < 1.29 is 4.79 Å². The normalized spacial score (nSPS) is 19.5. The van der Waals surface area contributed by atoms with Gasteiger partial charge in [-0.1, -0.05) is 17.7 Å². The number of carbonyl (C=O) groups is 1. The van der Waals surface area contributed by atoms with Crippen LogP contribution in [0, 0.1) is 13.8 Å². The second-order valence-corrected chi connectivity index (χ2v) is 6.99. The average Bonchev–Trinajstić information content (AvgIpc) is 3.24. The Balaban J connectivity index is 1.70. The van der Waals surface area contributed by atoms with E-state index in [0.29, 0.717) is 5.69 Å². The first-order chi connectivity index (χ1) is 11.6. The molecule has 1 aromatic carbocycles. The number of nitrogens with zero attached hydrogens (tertiary/aromatic N) is 2. The van der Waals surface area contributed by atoms with E-state index in [-0.39, 0.29) is 11.9 Å². The van der Waals surface area contributed by atoms with Crippen molar-refractivity contribution in [2.75, 3.05) is 13.1 Å². The number of benzene rings is 1. The summed E-state index contributed by atoms with van der Waals surface area (Å²) in [7, 11) is 0. The highest BCUT2D eigenvalue weighted by atomic mass is 16.2. The smallest absolute Gasteiger partial charge is 0.272 e. The van der Waals surface area contributed by atoms with Crippen LogP contribution in [0.3, 0.4) is 0 Å². The zero-order chi connectivity index (χ0) is 16.7. The van der Waals surface area contributed by atoms with E-state index in [4.69, 9.17) is 5.10 Å². The summed E-state index contributed by atoms with van der Waals surface area (Å²) in [6.07, 6.45) is 4.04. The number of hydrogen-bond acceptors (Lipinski definition) is 3. The number of hydrogen-bond donors (Lipinski definition) is 2. The summed E-state index contributed by atoms with van der Waals surface area (Å²) in [6, 6.07) is 6.61. The fraction of sp³-hybridized carbons (Fsp3) is 0.474. The molecule has 0 saturated carbocycles. The van der Waals surface area contributed by atoms with Gasteiger partial charge in [0.25, 0.3) is 5.91 Å². The third-order valence-corrected chi connectivity index (χ3v) is 5.12. The van der Waals surface area contributed by atoms with E-state index in [9.17, 15) is 4.79 Å². The van der Waals surface area contributed by atoms with Crippen LogP contribution in [0.4, 0.5) is 0 Å². The molecule has 24 heavy (non-hydrogen) atoms. The van der Waals surface area contributed by atoms with Gasteiger partial charge in [0.05, 0.1) is 5.69 Å². The molecule has 0 bridgehead atoms. The SMILES string of the molecule is Cc1ccc(-n2nc(C(=O)NC3CCNC3)c3c2CCC3)c(C)c1. The standard InChI is InChI=1S/C19H24N4O/c1-12-6-7-16(13(2)10-12)23-17-5-3-4-15(17)18(22-23)19(24)21-14-8-9-20-11-14/h6-7,10,14,20H,3-5,8-9,11H2,1-2H3,(H,21,24). The van der Waals surface area contributed by atoms with E-state index in [1.807, 2.05) is 4.68 Å². The van der Waals surface area contributed by atoms with Crippen LogP contribution < -0.4 is 10.6 Å². The molecular formula is C19H24N4O. The van der Waals surface area contributed by atoms with Crippen molar-refractivity contribution in [1.82, 2.24) is 20.4 Å². The van der Waals surface area contributed by atoms with Gasteiger partial charge in [0.2, 0.25) is 0 Å². The Kier molecular flexibility index (Phi) is 3.88. The Hall–Kier alpha value is -2.14. The van der Waals surface area contributed by atoms with Crippen molar-refractivity contribution >= 4 is 5.91 Å². The number of aromatic nitrogens is 2. The van der Waals surface area contributed by atoms with Crippen LogP contribution in [0.15, 0.2) is 18.2 Å². The van der Waals surface area contributed by atoms with Crippen LogP contribution in [-0.4, -0.2) is 34.8 Å². The maximum absolute atomic E-state index is 12.7. The molecule has 1 atom stereocenters. The minimum Gasteiger partial charge on any atom is -0.347 e. The average molecular weight is 324 g/mol. The molecule has 1 saturated heterocycles. The monoisotopic (exact) mass is 324 g/mol. The molecule has 1 amide bonds. The molecule has 0 spiro atoms. The van der Waals surface area contributed by atoms with Gasteiger partial charge < -0.3 is 10.6 Å². The molecule has 2 aliphatic rings. The van der Waals surface area contributed by atoms with Gasteiger partial charge in [-0.3, -0.25) is 4.79 Å². The van der Waals surface area contributed by atoms with Crippen molar-refractivity contribution in [3.8, 4) is 5.69 Å². The van der Waals surface area contributed by atoms with Gasteiger partial charge in [-0.05, 0) is 57.7 Å². The molecule has 2 heterocycles. The number of carbonyl (C=O) groups excluding carboxylic acids is 1. The molecule has 1 aliphatic heterocycles. The third kappa shape index (κ3) is 2.63. The Morgan fingerprint density at radius 1 is 1.33 bits per heavy atom. The molecule has 0 radical (unpaired) electrons. The number of fused-ring (bicyclic) bond motifs is 1. The summed E-state index contributed by atoms with van der Waals surface area (Å²) < 4.78 is 2.00. The van der Waals surface area contributed by atoms with E-state index in [2.05, 4.69) is 42.7 Å². The van der Waals surface area contributed by atoms with Crippen molar-refractivity contribution in [1.29, 1.82) is 0 Å². The Morgan fingerprint density at radius 3 is 2.96 bits per heavy atom. The summed E-state index contributed by atoms with van der Waals surface area (Å²) >= 11 is 0. The van der Waals surface area contributed by atoms with Crippen LogP contribution >= 0.6 is 0 Å². The molecule has 2 aromatic rings. The van der Waals surface area contributed by atoms with Gasteiger partial charge in [-0.2, -0.15) is 5.10 Å². The third-order valence-electron chi connectivity index (χ3n) is 5.12. The summed E-state index contributed by atoms with van der Waals surface area (Å²) in [5.74, 6) is -0.0228. The van der Waals surface area contributed by atoms with Crippen molar-refractivity contribution in [3.05, 3.63) is 46.3 Å². The number of nitrogens with one attached hydrogen (secondary N) is 2. The number of aryl methyl sites for hydroxylation is 2. The van der Waals surface area contributed by atoms with E-state index >= 15 is 0 Å². The van der Waals surface area contributed by atoms with Gasteiger partial charge in [-0.15, -0.1) is 0 Å². The molecule has 5 nitrogen and oxygen atoms in total. The predicted molar refractivity (Wildman–Crippen MR) is 93.8 cm³/mol. The fourth-order valence-corrected chi connectivity index (χ4v) is 3.89. The first-order valence-corrected chi connectivity index (χ1v) is 8.83. The molecule has 4 rings (SSSR count). The molecule has 1 unspecified atom stereocenters. The molecular weight excluding hydrogens is 300 g/mol. The van der Waals surface area contributed by atoms with Crippen molar-refractivity contribution in [2.24, 2.45) is 0 Å². The predicted octanol–water partition coefficient (Wildman–Crippen LogP) is 2.07. The van der Waals surface area contributed by atoms with Crippen molar-refractivity contribution in [2.45, 2.75) is 45.6 Å². The van der Waals surface area contributed by atoms with Crippen LogP contribution in [0.1, 0.15) is 45.7 Å². The van der Waals surface area contributed by atoms with Crippen LogP contribution in [0.5, 0.6) is 0 Å². The first kappa shape index (κ1) is 15.4. The quantitative estimate of drug-likeness (QED) is 0.909. The van der Waals surface area contributed by atoms with E-state index in [1.165, 1.54) is 16.8 Å². The number of rotatable bonds is 3. The van der Waals surface area contributed by atoms with Gasteiger partial charge >= 0.3 is 0 Å². The Labute approximate surface area is 142 Å². The minimum atomic E-state index is -0.0228. The molecule has 2 N–H and O–H groups in total. The van der Waals surface area contributed by atoms with Crippen LogP contribution in [-0.2, 0) is 12.8 Å². The van der Waals surface area contributed by atoms with E-state index < -0.39 is 0 Å². The topological polar surface area (TPSA) is 59.0 Å².